The van der Waals surface area contributed by atoms with Crippen LogP contribution in [0.2, 0.25) is 0 Å². The van der Waals surface area contributed by atoms with Gasteiger partial charge in [-0.3, -0.25) is 4.90 Å². The minimum atomic E-state index is -0.332. The summed E-state index contributed by atoms with van der Waals surface area (Å²) in [7, 11) is 1.67. The molecule has 3 aromatic carbocycles. The highest BCUT2D eigenvalue weighted by atomic mass is 16.6. The molecule has 7 heteroatoms. The highest BCUT2D eigenvalue weighted by Gasteiger charge is 2.27. The standard InChI is InChI=1S/C31H34N4O3/c1-3-34(31(36)38-23-25-12-8-5-9-13-25)22-29-28-21-33(20-24-10-6-4-7-11-24)19-18-30(28)35(32-29)26-14-16-27(37-2)17-15-26/h4-17H,3,18-23H2,1-2H3. The van der Waals surface area contributed by atoms with Gasteiger partial charge in [0, 0.05) is 38.2 Å². The number of aromatic nitrogens is 2. The number of carbonyl (C=O) groups is 1. The molecule has 5 rings (SSSR count). The van der Waals surface area contributed by atoms with Crippen LogP contribution in [0.4, 0.5) is 4.79 Å². The zero-order valence-electron chi connectivity index (χ0n) is 22.0. The predicted molar refractivity (Wildman–Crippen MR) is 147 cm³/mol. The van der Waals surface area contributed by atoms with Crippen LogP contribution < -0.4 is 4.74 Å². The van der Waals surface area contributed by atoms with Crippen LogP contribution in [0.5, 0.6) is 5.75 Å². The quantitative estimate of drug-likeness (QED) is 0.293. The fraction of sp³-hybridized carbons (Fsp3) is 0.290. The smallest absolute Gasteiger partial charge is 0.410 e. The first-order chi connectivity index (χ1) is 18.6. The summed E-state index contributed by atoms with van der Waals surface area (Å²) in [5, 5.41) is 5.05. The lowest BCUT2D eigenvalue weighted by atomic mass is 10.0. The van der Waals surface area contributed by atoms with Crippen molar-refractivity contribution in [2.24, 2.45) is 0 Å². The second-order valence-electron chi connectivity index (χ2n) is 9.48. The average Bonchev–Trinajstić information content (AvgIpc) is 3.33. The van der Waals surface area contributed by atoms with Crippen LogP contribution in [-0.4, -0.2) is 45.9 Å². The molecule has 2 heterocycles. The molecule has 4 aromatic rings. The van der Waals surface area contributed by atoms with Crippen molar-refractivity contribution >= 4 is 6.09 Å². The Morgan fingerprint density at radius 2 is 1.63 bits per heavy atom. The van der Waals surface area contributed by atoms with Crippen molar-refractivity contribution in [2.45, 2.75) is 39.6 Å². The monoisotopic (exact) mass is 510 g/mol. The number of fused-ring (bicyclic) bond motifs is 1. The van der Waals surface area contributed by atoms with Crippen LogP contribution in [0, 0.1) is 0 Å². The molecule has 1 aromatic heterocycles. The van der Waals surface area contributed by atoms with Crippen molar-refractivity contribution in [1.29, 1.82) is 0 Å². The lowest BCUT2D eigenvalue weighted by Crippen LogP contribution is -2.33. The number of hydrogen-bond acceptors (Lipinski definition) is 5. The number of methoxy groups -OCH3 is 1. The molecule has 0 atom stereocenters. The van der Waals surface area contributed by atoms with Crippen LogP contribution in [0.25, 0.3) is 5.69 Å². The molecule has 0 bridgehead atoms. The summed E-state index contributed by atoms with van der Waals surface area (Å²) in [6.45, 7) is 5.76. The summed E-state index contributed by atoms with van der Waals surface area (Å²) in [6.07, 6.45) is 0.548. The minimum Gasteiger partial charge on any atom is -0.497 e. The second-order valence-corrected chi connectivity index (χ2v) is 9.48. The van der Waals surface area contributed by atoms with E-state index < -0.39 is 0 Å². The first-order valence-corrected chi connectivity index (χ1v) is 13.1. The summed E-state index contributed by atoms with van der Waals surface area (Å²) in [5.74, 6) is 0.808. The number of ether oxygens (including phenoxy) is 2. The average molecular weight is 511 g/mol. The Bertz CT molecular complexity index is 1340. The normalized spacial score (nSPS) is 13.1. The van der Waals surface area contributed by atoms with Crippen molar-refractivity contribution in [3.8, 4) is 11.4 Å². The van der Waals surface area contributed by atoms with Crippen LogP contribution in [-0.2, 0) is 37.4 Å². The molecule has 7 nitrogen and oxygen atoms in total. The lowest BCUT2D eigenvalue weighted by Gasteiger charge is -2.28. The van der Waals surface area contributed by atoms with E-state index in [1.54, 1.807) is 12.0 Å². The maximum atomic E-state index is 13.0. The molecule has 1 aliphatic rings. The predicted octanol–water partition coefficient (Wildman–Crippen LogP) is 5.60. The van der Waals surface area contributed by atoms with Gasteiger partial charge in [0.05, 0.1) is 30.7 Å². The largest absolute Gasteiger partial charge is 0.497 e. The van der Waals surface area contributed by atoms with E-state index in [0.717, 1.165) is 48.7 Å². The fourth-order valence-corrected chi connectivity index (χ4v) is 4.88. The Labute approximate surface area is 224 Å². The molecule has 0 saturated carbocycles. The van der Waals surface area contributed by atoms with Crippen molar-refractivity contribution in [3.05, 3.63) is 113 Å². The summed E-state index contributed by atoms with van der Waals surface area (Å²) in [4.78, 5) is 17.2. The zero-order chi connectivity index (χ0) is 26.3. The molecule has 1 amide bonds. The van der Waals surface area contributed by atoms with E-state index >= 15 is 0 Å². The van der Waals surface area contributed by atoms with E-state index in [4.69, 9.17) is 14.6 Å². The summed E-state index contributed by atoms with van der Waals surface area (Å²) >= 11 is 0. The Balaban J connectivity index is 1.39. The van der Waals surface area contributed by atoms with Crippen molar-refractivity contribution in [2.75, 3.05) is 20.2 Å². The highest BCUT2D eigenvalue weighted by molar-refractivity contribution is 5.67. The number of rotatable bonds is 9. The minimum absolute atomic E-state index is 0.249. The van der Waals surface area contributed by atoms with E-state index in [-0.39, 0.29) is 12.7 Å². The van der Waals surface area contributed by atoms with Gasteiger partial charge in [0.25, 0.3) is 0 Å². The molecule has 0 N–H and O–H groups in total. The number of amides is 1. The Kier molecular flexibility index (Phi) is 8.04. The van der Waals surface area contributed by atoms with Gasteiger partial charge in [0.15, 0.2) is 0 Å². The van der Waals surface area contributed by atoms with E-state index in [1.807, 2.05) is 72.3 Å². The molecule has 0 unspecified atom stereocenters. The third-order valence-electron chi connectivity index (χ3n) is 6.97. The number of benzene rings is 3. The second kappa shape index (κ2) is 12.0. The van der Waals surface area contributed by atoms with E-state index in [2.05, 4.69) is 29.2 Å². The molecule has 0 spiro atoms. The van der Waals surface area contributed by atoms with Gasteiger partial charge < -0.3 is 14.4 Å². The van der Waals surface area contributed by atoms with E-state index in [0.29, 0.717) is 13.1 Å². The zero-order valence-corrected chi connectivity index (χ0v) is 22.0. The molecule has 0 fully saturated rings. The highest BCUT2D eigenvalue weighted by Crippen LogP contribution is 2.28. The molecule has 196 valence electrons. The number of hydrogen-bond donors (Lipinski definition) is 0. The van der Waals surface area contributed by atoms with Gasteiger partial charge in [-0.15, -0.1) is 0 Å². The Morgan fingerprint density at radius 3 is 2.29 bits per heavy atom. The summed E-state index contributed by atoms with van der Waals surface area (Å²) < 4.78 is 13.0. The van der Waals surface area contributed by atoms with Crippen molar-refractivity contribution in [1.82, 2.24) is 19.6 Å². The molecular weight excluding hydrogens is 476 g/mol. The third kappa shape index (κ3) is 5.89. The maximum Gasteiger partial charge on any atom is 0.410 e. The van der Waals surface area contributed by atoms with Gasteiger partial charge in [-0.25, -0.2) is 9.48 Å². The fourth-order valence-electron chi connectivity index (χ4n) is 4.88. The maximum absolute atomic E-state index is 13.0. The van der Waals surface area contributed by atoms with Gasteiger partial charge in [0.2, 0.25) is 0 Å². The number of carbonyl (C=O) groups excluding carboxylic acids is 1. The summed E-state index contributed by atoms with van der Waals surface area (Å²) in [6, 6.07) is 28.2. The van der Waals surface area contributed by atoms with Gasteiger partial charge in [-0.05, 0) is 42.3 Å². The van der Waals surface area contributed by atoms with Crippen LogP contribution in [0.1, 0.15) is 35.0 Å². The van der Waals surface area contributed by atoms with Crippen LogP contribution in [0.3, 0.4) is 0 Å². The lowest BCUT2D eigenvalue weighted by molar-refractivity contribution is 0.0950. The first-order valence-electron chi connectivity index (χ1n) is 13.1. The SMILES string of the molecule is CCN(Cc1nn(-c2ccc(OC)cc2)c2c1CN(Cc1ccccc1)CC2)C(=O)OCc1ccccc1. The van der Waals surface area contributed by atoms with Gasteiger partial charge in [0.1, 0.15) is 12.4 Å². The first kappa shape index (κ1) is 25.5. The van der Waals surface area contributed by atoms with Crippen LogP contribution >= 0.6 is 0 Å². The van der Waals surface area contributed by atoms with Crippen molar-refractivity contribution in [3.63, 3.8) is 0 Å². The Morgan fingerprint density at radius 1 is 0.947 bits per heavy atom. The third-order valence-corrected chi connectivity index (χ3v) is 6.97. The van der Waals surface area contributed by atoms with E-state index in [1.165, 1.54) is 16.8 Å². The molecule has 38 heavy (non-hydrogen) atoms. The van der Waals surface area contributed by atoms with Crippen LogP contribution in [0.15, 0.2) is 84.9 Å². The molecule has 0 aliphatic carbocycles. The van der Waals surface area contributed by atoms with Gasteiger partial charge in [-0.1, -0.05) is 60.7 Å². The summed E-state index contributed by atoms with van der Waals surface area (Å²) in [5.41, 5.74) is 6.54. The van der Waals surface area contributed by atoms with Gasteiger partial charge >= 0.3 is 6.09 Å². The molecule has 0 saturated heterocycles. The molecule has 0 radical (unpaired) electrons. The molecular formula is C31H34N4O3. The molecule has 1 aliphatic heterocycles. The van der Waals surface area contributed by atoms with Crippen molar-refractivity contribution < 1.29 is 14.3 Å². The number of nitrogens with zero attached hydrogens (tertiary/aromatic N) is 4. The Hall–Kier alpha value is -4.10. The van der Waals surface area contributed by atoms with Gasteiger partial charge in [-0.2, -0.15) is 5.10 Å². The topological polar surface area (TPSA) is 59.8 Å². The van der Waals surface area contributed by atoms with E-state index in [9.17, 15) is 4.79 Å².